The Morgan fingerprint density at radius 3 is 2.56 bits per heavy atom. The van der Waals surface area contributed by atoms with Crippen molar-refractivity contribution in [3.05, 3.63) is 41.5 Å². The van der Waals surface area contributed by atoms with E-state index in [2.05, 4.69) is 12.2 Å². The van der Waals surface area contributed by atoms with Gasteiger partial charge in [0.2, 0.25) is 5.91 Å². The molecule has 2 nitrogen and oxygen atoms in total. The molecule has 1 N–H and O–H groups in total. The fraction of sp³-hybridized carbons (Fsp3) is 0.357. The summed E-state index contributed by atoms with van der Waals surface area (Å²) in [6, 6.07) is 10.1. The molecule has 0 fully saturated rings. The molecule has 1 rings (SSSR count). The number of hydrogen-bond acceptors (Lipinski definition) is 1. The molecule has 1 atom stereocenters. The summed E-state index contributed by atoms with van der Waals surface area (Å²) in [7, 11) is 0. The van der Waals surface area contributed by atoms with E-state index in [1.165, 1.54) is 0 Å². The van der Waals surface area contributed by atoms with Gasteiger partial charge in [-0.25, -0.2) is 0 Å². The molecule has 0 saturated heterocycles. The molecule has 0 unspecified atom stereocenters. The number of amides is 1. The number of hydrogen-bond donors (Lipinski definition) is 1. The predicted octanol–water partition coefficient (Wildman–Crippen LogP) is 3.00. The molecule has 1 aromatic rings. The Morgan fingerprint density at radius 1 is 1.38 bits per heavy atom. The highest BCUT2D eigenvalue weighted by Gasteiger charge is 2.06. The number of benzene rings is 1. The maximum atomic E-state index is 11.7. The Balaban J connectivity index is 2.67. The zero-order chi connectivity index (χ0) is 12.0. The molecule has 2 heteroatoms. The van der Waals surface area contributed by atoms with Crippen molar-refractivity contribution in [1.29, 1.82) is 0 Å². The average molecular weight is 217 g/mol. The average Bonchev–Trinajstić information content (AvgIpc) is 2.30. The Kier molecular flexibility index (Phi) is 4.77. The second kappa shape index (κ2) is 6.11. The number of rotatable bonds is 4. The van der Waals surface area contributed by atoms with Crippen LogP contribution in [0, 0.1) is 0 Å². The molecule has 0 aliphatic heterocycles. The summed E-state index contributed by atoms with van der Waals surface area (Å²) in [5.74, 6) is 0.0122. The molecule has 0 aliphatic carbocycles. The van der Waals surface area contributed by atoms with E-state index in [4.69, 9.17) is 0 Å². The zero-order valence-electron chi connectivity index (χ0n) is 10.2. The monoisotopic (exact) mass is 217 g/mol. The molecule has 86 valence electrons. The van der Waals surface area contributed by atoms with Gasteiger partial charge in [-0.05, 0) is 31.9 Å². The highest BCUT2D eigenvalue weighted by molar-refractivity contribution is 5.97. The molecule has 0 bridgehead atoms. The Bertz CT molecular complexity index is 368. The minimum atomic E-state index is 0.0122. The van der Waals surface area contributed by atoms with Crippen LogP contribution in [0.4, 0.5) is 0 Å². The van der Waals surface area contributed by atoms with Crippen LogP contribution < -0.4 is 5.32 Å². The van der Waals surface area contributed by atoms with E-state index >= 15 is 0 Å². The molecule has 0 heterocycles. The molecule has 1 amide bonds. The second-order valence-electron chi connectivity index (χ2n) is 4.02. The highest BCUT2D eigenvalue weighted by Crippen LogP contribution is 2.06. The van der Waals surface area contributed by atoms with Gasteiger partial charge in [-0.2, -0.15) is 0 Å². The molecular weight excluding hydrogens is 198 g/mol. The van der Waals surface area contributed by atoms with Gasteiger partial charge in [-0.15, -0.1) is 0 Å². The normalized spacial score (nSPS) is 13.3. The standard InChI is InChI=1S/C14H19NO/c1-4-12(3)15-14(16)11(2)10-13-8-6-5-7-9-13/h5-10,12H,4H2,1-3H3,(H,15,16)/b11-10+/t12-/m0/s1. The molecular formula is C14H19NO. The van der Waals surface area contributed by atoms with Crippen molar-refractivity contribution in [3.63, 3.8) is 0 Å². The SMILES string of the molecule is CC[C@H](C)NC(=O)/C(C)=C/c1ccccc1. The van der Waals surface area contributed by atoms with Gasteiger partial charge in [-0.1, -0.05) is 37.3 Å². The molecule has 0 saturated carbocycles. The van der Waals surface area contributed by atoms with Crippen molar-refractivity contribution in [1.82, 2.24) is 5.32 Å². The van der Waals surface area contributed by atoms with Gasteiger partial charge in [0.05, 0.1) is 0 Å². The van der Waals surface area contributed by atoms with Crippen LogP contribution in [0.5, 0.6) is 0 Å². The number of carbonyl (C=O) groups is 1. The van der Waals surface area contributed by atoms with Crippen molar-refractivity contribution < 1.29 is 4.79 Å². The Morgan fingerprint density at radius 2 is 2.00 bits per heavy atom. The second-order valence-corrected chi connectivity index (χ2v) is 4.02. The van der Waals surface area contributed by atoms with E-state index in [0.29, 0.717) is 0 Å². The van der Waals surface area contributed by atoms with Crippen molar-refractivity contribution in [2.75, 3.05) is 0 Å². The third kappa shape index (κ3) is 3.89. The zero-order valence-corrected chi connectivity index (χ0v) is 10.2. The Labute approximate surface area is 97.4 Å². The van der Waals surface area contributed by atoms with Crippen molar-refractivity contribution in [2.45, 2.75) is 33.2 Å². The van der Waals surface area contributed by atoms with Crippen molar-refractivity contribution >= 4 is 12.0 Å². The smallest absolute Gasteiger partial charge is 0.247 e. The summed E-state index contributed by atoms with van der Waals surface area (Å²) in [4.78, 5) is 11.7. The first kappa shape index (κ1) is 12.5. The summed E-state index contributed by atoms with van der Waals surface area (Å²) in [5, 5.41) is 2.94. The van der Waals surface area contributed by atoms with Gasteiger partial charge in [0.1, 0.15) is 0 Å². The van der Waals surface area contributed by atoms with Gasteiger partial charge in [0.25, 0.3) is 0 Å². The van der Waals surface area contributed by atoms with Crippen LogP contribution in [0.2, 0.25) is 0 Å². The molecule has 0 spiro atoms. The quantitative estimate of drug-likeness (QED) is 0.772. The van der Waals surface area contributed by atoms with E-state index in [0.717, 1.165) is 17.6 Å². The molecule has 1 aromatic carbocycles. The minimum Gasteiger partial charge on any atom is -0.350 e. The number of carbonyl (C=O) groups excluding carboxylic acids is 1. The van der Waals surface area contributed by atoms with Crippen molar-refractivity contribution in [3.8, 4) is 0 Å². The number of nitrogens with one attached hydrogen (secondary N) is 1. The molecule has 0 radical (unpaired) electrons. The first-order chi connectivity index (χ1) is 7.63. The first-order valence-electron chi connectivity index (χ1n) is 5.67. The van der Waals surface area contributed by atoms with Gasteiger partial charge in [-0.3, -0.25) is 4.79 Å². The minimum absolute atomic E-state index is 0.0122. The van der Waals surface area contributed by atoms with Gasteiger partial charge >= 0.3 is 0 Å². The summed E-state index contributed by atoms with van der Waals surface area (Å²) in [5.41, 5.74) is 1.80. The van der Waals surface area contributed by atoms with Crippen molar-refractivity contribution in [2.24, 2.45) is 0 Å². The fourth-order valence-corrected chi connectivity index (χ4v) is 1.30. The highest BCUT2D eigenvalue weighted by atomic mass is 16.1. The van der Waals surface area contributed by atoms with Gasteiger partial charge < -0.3 is 5.32 Å². The largest absolute Gasteiger partial charge is 0.350 e. The van der Waals surface area contributed by atoms with E-state index in [-0.39, 0.29) is 11.9 Å². The summed E-state index contributed by atoms with van der Waals surface area (Å²) >= 11 is 0. The first-order valence-corrected chi connectivity index (χ1v) is 5.67. The van der Waals surface area contributed by atoms with E-state index < -0.39 is 0 Å². The van der Waals surface area contributed by atoms with Crippen LogP contribution in [0.15, 0.2) is 35.9 Å². The lowest BCUT2D eigenvalue weighted by Gasteiger charge is -2.11. The van der Waals surface area contributed by atoms with Crippen LogP contribution in [0.25, 0.3) is 6.08 Å². The van der Waals surface area contributed by atoms with E-state index in [1.807, 2.05) is 50.3 Å². The van der Waals surface area contributed by atoms with Gasteiger partial charge in [0.15, 0.2) is 0 Å². The van der Waals surface area contributed by atoms with E-state index in [1.54, 1.807) is 0 Å². The summed E-state index contributed by atoms with van der Waals surface area (Å²) < 4.78 is 0. The lowest BCUT2D eigenvalue weighted by molar-refractivity contribution is -0.117. The lowest BCUT2D eigenvalue weighted by atomic mass is 10.1. The van der Waals surface area contributed by atoms with Gasteiger partial charge in [0, 0.05) is 11.6 Å². The third-order valence-corrected chi connectivity index (χ3v) is 2.53. The predicted molar refractivity (Wildman–Crippen MR) is 68.0 cm³/mol. The fourth-order valence-electron chi connectivity index (χ4n) is 1.30. The molecule has 16 heavy (non-hydrogen) atoms. The molecule has 0 aromatic heterocycles. The summed E-state index contributed by atoms with van der Waals surface area (Å²) in [6.45, 7) is 5.90. The van der Waals surface area contributed by atoms with Crippen LogP contribution >= 0.6 is 0 Å². The van der Waals surface area contributed by atoms with Crippen LogP contribution in [-0.4, -0.2) is 11.9 Å². The van der Waals surface area contributed by atoms with Crippen LogP contribution in [0.1, 0.15) is 32.8 Å². The summed E-state index contributed by atoms with van der Waals surface area (Å²) in [6.07, 6.45) is 2.85. The third-order valence-electron chi connectivity index (χ3n) is 2.53. The Hall–Kier alpha value is -1.57. The van der Waals surface area contributed by atoms with Crippen LogP contribution in [-0.2, 0) is 4.79 Å². The topological polar surface area (TPSA) is 29.1 Å². The molecule has 0 aliphatic rings. The maximum Gasteiger partial charge on any atom is 0.247 e. The lowest BCUT2D eigenvalue weighted by Crippen LogP contribution is -2.32. The van der Waals surface area contributed by atoms with E-state index in [9.17, 15) is 4.79 Å². The van der Waals surface area contributed by atoms with Crippen LogP contribution in [0.3, 0.4) is 0 Å². The maximum absolute atomic E-state index is 11.7.